The second-order valence-corrected chi connectivity index (χ2v) is 4.35. The maximum Gasteiger partial charge on any atom is 0.314 e. The molecule has 0 aliphatic heterocycles. The average Bonchev–Trinajstić information content (AvgIpc) is 2.65. The van der Waals surface area contributed by atoms with Gasteiger partial charge in [0.1, 0.15) is 0 Å². The number of carbonyl (C=O) groups is 1. The molecule has 0 aliphatic rings. The number of hydrogen-bond donors (Lipinski definition) is 2. The van der Waals surface area contributed by atoms with Crippen LogP contribution in [0.5, 0.6) is 0 Å². The summed E-state index contributed by atoms with van der Waals surface area (Å²) in [5.74, 6) is 0. The maximum absolute atomic E-state index is 11.2. The molecule has 0 aliphatic carbocycles. The Balaban J connectivity index is 2.08. The molecular weight excluding hydrogens is 226 g/mol. The summed E-state index contributed by atoms with van der Waals surface area (Å²) in [7, 11) is 1.60. The molecule has 1 heterocycles. The first kappa shape index (κ1) is 12.9. The van der Waals surface area contributed by atoms with Gasteiger partial charge in [0, 0.05) is 32.0 Å². The second kappa shape index (κ2) is 7.19. The number of urea groups is 1. The summed E-state index contributed by atoms with van der Waals surface area (Å²) in [6.07, 6.45) is 0.766. The van der Waals surface area contributed by atoms with Crippen LogP contribution in [0.1, 0.15) is 10.7 Å². The number of hydrogen-bond acceptors (Lipinski definition) is 4. The molecule has 6 heteroatoms. The largest absolute Gasteiger partial charge is 0.383 e. The number of methoxy groups -OCH3 is 1. The van der Waals surface area contributed by atoms with Crippen LogP contribution in [0.2, 0.25) is 0 Å². The molecule has 90 valence electrons. The van der Waals surface area contributed by atoms with Gasteiger partial charge in [-0.3, -0.25) is 0 Å². The minimum absolute atomic E-state index is 0.163. The van der Waals surface area contributed by atoms with Crippen molar-refractivity contribution >= 4 is 17.4 Å². The van der Waals surface area contributed by atoms with Gasteiger partial charge in [-0.2, -0.15) is 0 Å². The lowest BCUT2D eigenvalue weighted by Gasteiger charge is -2.05. The normalized spacial score (nSPS) is 10.1. The molecule has 0 aromatic carbocycles. The number of carbonyl (C=O) groups excluding carboxylic acids is 1. The lowest BCUT2D eigenvalue weighted by Crippen LogP contribution is -2.38. The van der Waals surface area contributed by atoms with Gasteiger partial charge in [0.25, 0.3) is 0 Å². The Labute approximate surface area is 99.2 Å². The topological polar surface area (TPSA) is 63.2 Å². The number of thiazole rings is 1. The third kappa shape index (κ3) is 5.09. The van der Waals surface area contributed by atoms with Gasteiger partial charge in [-0.15, -0.1) is 11.3 Å². The van der Waals surface area contributed by atoms with Crippen molar-refractivity contribution in [2.75, 3.05) is 26.8 Å². The fourth-order valence-corrected chi connectivity index (χ4v) is 1.80. The highest BCUT2D eigenvalue weighted by atomic mass is 32.1. The first-order chi connectivity index (χ1) is 7.72. The summed E-state index contributed by atoms with van der Waals surface area (Å²) in [4.78, 5) is 15.5. The van der Waals surface area contributed by atoms with E-state index in [1.54, 1.807) is 18.4 Å². The molecule has 2 N–H and O–H groups in total. The van der Waals surface area contributed by atoms with Gasteiger partial charge in [-0.05, 0) is 6.92 Å². The van der Waals surface area contributed by atoms with Crippen LogP contribution in [0.25, 0.3) is 0 Å². The Hall–Kier alpha value is -1.14. The third-order valence-corrected chi connectivity index (χ3v) is 2.75. The van der Waals surface area contributed by atoms with E-state index in [9.17, 15) is 4.79 Å². The number of amides is 2. The predicted octanol–water partition coefficient (Wildman–Crippen LogP) is 0.940. The summed E-state index contributed by atoms with van der Waals surface area (Å²) in [6.45, 7) is 3.62. The quantitative estimate of drug-likeness (QED) is 0.731. The van der Waals surface area contributed by atoms with E-state index in [1.807, 2.05) is 12.3 Å². The van der Waals surface area contributed by atoms with E-state index in [4.69, 9.17) is 4.74 Å². The summed E-state index contributed by atoms with van der Waals surface area (Å²) in [5, 5.41) is 8.51. The standard InChI is InChI=1S/C10H17N3O2S/c1-8-13-9(7-16-8)3-4-11-10(14)12-5-6-15-2/h7H,3-6H2,1-2H3,(H2,11,12,14). The van der Waals surface area contributed by atoms with Gasteiger partial charge >= 0.3 is 6.03 Å². The molecule has 1 rings (SSSR count). The molecule has 0 unspecified atom stereocenters. The Morgan fingerprint density at radius 3 is 2.88 bits per heavy atom. The van der Waals surface area contributed by atoms with Gasteiger partial charge in [0.05, 0.1) is 17.3 Å². The van der Waals surface area contributed by atoms with Crippen molar-refractivity contribution in [3.63, 3.8) is 0 Å². The van der Waals surface area contributed by atoms with E-state index in [0.29, 0.717) is 19.7 Å². The SMILES string of the molecule is COCCNC(=O)NCCc1csc(C)n1. The van der Waals surface area contributed by atoms with E-state index in [1.165, 1.54) is 0 Å². The number of aryl methyl sites for hydroxylation is 1. The fraction of sp³-hybridized carbons (Fsp3) is 0.600. The monoisotopic (exact) mass is 243 g/mol. The number of ether oxygens (including phenoxy) is 1. The average molecular weight is 243 g/mol. The van der Waals surface area contributed by atoms with Gasteiger partial charge in [0.2, 0.25) is 0 Å². The van der Waals surface area contributed by atoms with Gasteiger partial charge in [0.15, 0.2) is 0 Å². The molecule has 0 radical (unpaired) electrons. The lowest BCUT2D eigenvalue weighted by molar-refractivity contribution is 0.196. The molecule has 0 atom stereocenters. The van der Waals surface area contributed by atoms with Crippen LogP contribution < -0.4 is 10.6 Å². The molecule has 2 amide bonds. The van der Waals surface area contributed by atoms with E-state index < -0.39 is 0 Å². The zero-order valence-corrected chi connectivity index (χ0v) is 10.4. The number of nitrogens with zero attached hydrogens (tertiary/aromatic N) is 1. The Bertz CT molecular complexity index is 328. The molecule has 1 aromatic heterocycles. The molecule has 0 fully saturated rings. The second-order valence-electron chi connectivity index (χ2n) is 3.28. The van der Waals surface area contributed by atoms with Crippen molar-refractivity contribution in [3.05, 3.63) is 16.1 Å². The highest BCUT2D eigenvalue weighted by Gasteiger charge is 2.01. The van der Waals surface area contributed by atoms with E-state index >= 15 is 0 Å². The molecule has 1 aromatic rings. The van der Waals surface area contributed by atoms with E-state index in [0.717, 1.165) is 17.1 Å². The zero-order valence-electron chi connectivity index (χ0n) is 9.58. The fourth-order valence-electron chi connectivity index (χ4n) is 1.16. The highest BCUT2D eigenvalue weighted by Crippen LogP contribution is 2.07. The van der Waals surface area contributed by atoms with Crippen LogP contribution in [0.3, 0.4) is 0 Å². The predicted molar refractivity (Wildman–Crippen MR) is 63.8 cm³/mol. The summed E-state index contributed by atoms with van der Waals surface area (Å²) in [6, 6.07) is -0.163. The van der Waals surface area contributed by atoms with E-state index in [2.05, 4.69) is 15.6 Å². The number of nitrogens with one attached hydrogen (secondary N) is 2. The lowest BCUT2D eigenvalue weighted by atomic mass is 10.3. The Kier molecular flexibility index (Phi) is 5.81. The molecule has 5 nitrogen and oxygen atoms in total. The van der Waals surface area contributed by atoms with Crippen LogP contribution in [0.15, 0.2) is 5.38 Å². The smallest absolute Gasteiger partial charge is 0.314 e. The minimum Gasteiger partial charge on any atom is -0.383 e. The highest BCUT2D eigenvalue weighted by molar-refractivity contribution is 7.09. The molecule has 0 spiro atoms. The van der Waals surface area contributed by atoms with Gasteiger partial charge < -0.3 is 15.4 Å². The summed E-state index contributed by atoms with van der Waals surface area (Å²) >= 11 is 1.62. The Morgan fingerprint density at radius 1 is 1.50 bits per heavy atom. The van der Waals surface area contributed by atoms with Crippen LogP contribution >= 0.6 is 11.3 Å². The maximum atomic E-state index is 11.2. The van der Waals surface area contributed by atoms with Crippen molar-refractivity contribution in [3.8, 4) is 0 Å². The molecule has 16 heavy (non-hydrogen) atoms. The van der Waals surface area contributed by atoms with Gasteiger partial charge in [-0.1, -0.05) is 0 Å². The summed E-state index contributed by atoms with van der Waals surface area (Å²) in [5.41, 5.74) is 1.03. The molecule has 0 bridgehead atoms. The van der Waals surface area contributed by atoms with Crippen molar-refractivity contribution in [1.82, 2.24) is 15.6 Å². The van der Waals surface area contributed by atoms with Crippen molar-refractivity contribution in [2.24, 2.45) is 0 Å². The molecular formula is C10H17N3O2S. The van der Waals surface area contributed by atoms with Crippen LogP contribution in [0.4, 0.5) is 4.79 Å². The van der Waals surface area contributed by atoms with E-state index in [-0.39, 0.29) is 6.03 Å². The van der Waals surface area contributed by atoms with Crippen molar-refractivity contribution in [2.45, 2.75) is 13.3 Å². The number of rotatable bonds is 6. The zero-order chi connectivity index (χ0) is 11.8. The van der Waals surface area contributed by atoms with Crippen molar-refractivity contribution in [1.29, 1.82) is 0 Å². The number of aromatic nitrogens is 1. The summed E-state index contributed by atoms with van der Waals surface area (Å²) < 4.78 is 4.82. The van der Waals surface area contributed by atoms with Crippen LogP contribution in [0, 0.1) is 6.92 Å². The van der Waals surface area contributed by atoms with Crippen molar-refractivity contribution < 1.29 is 9.53 Å². The molecule has 0 saturated carbocycles. The third-order valence-electron chi connectivity index (χ3n) is 1.93. The first-order valence-corrected chi connectivity index (χ1v) is 6.02. The first-order valence-electron chi connectivity index (χ1n) is 5.14. The van der Waals surface area contributed by atoms with Gasteiger partial charge in [-0.25, -0.2) is 9.78 Å². The minimum atomic E-state index is -0.163. The Morgan fingerprint density at radius 2 is 2.25 bits per heavy atom. The van der Waals surface area contributed by atoms with Crippen LogP contribution in [-0.4, -0.2) is 37.8 Å². The van der Waals surface area contributed by atoms with Crippen LogP contribution in [-0.2, 0) is 11.2 Å². The molecule has 0 saturated heterocycles.